The molecule has 1 fully saturated rings. The van der Waals surface area contributed by atoms with Gasteiger partial charge < -0.3 is 10.0 Å². The lowest BCUT2D eigenvalue weighted by Crippen LogP contribution is -2.53. The molecule has 1 saturated heterocycles. The molecule has 2 heterocycles. The van der Waals surface area contributed by atoms with Crippen LogP contribution in [0.25, 0.3) is 0 Å². The van der Waals surface area contributed by atoms with Crippen molar-refractivity contribution in [1.29, 1.82) is 0 Å². The minimum atomic E-state index is -0.969. The summed E-state index contributed by atoms with van der Waals surface area (Å²) in [5.41, 5.74) is -0.969. The predicted octanol–water partition coefficient (Wildman–Crippen LogP) is 2.54. The molecular formula is C14H19NO3S. The molecule has 1 unspecified atom stereocenters. The van der Waals surface area contributed by atoms with E-state index in [2.05, 4.69) is 0 Å². The maximum absolute atomic E-state index is 12.4. The molecule has 2 rings (SSSR count). The van der Waals surface area contributed by atoms with Gasteiger partial charge in [0.2, 0.25) is 5.91 Å². The third-order valence-corrected chi connectivity index (χ3v) is 4.63. The van der Waals surface area contributed by atoms with E-state index in [1.165, 1.54) is 11.3 Å². The Bertz CT molecular complexity index is 457. The number of carbonyl (C=O) groups excluding carboxylic acids is 1. The summed E-state index contributed by atoms with van der Waals surface area (Å²) in [6.45, 7) is 2.53. The van der Waals surface area contributed by atoms with Gasteiger partial charge in [-0.15, -0.1) is 11.3 Å². The second-order valence-corrected chi connectivity index (χ2v) is 6.02. The maximum Gasteiger partial charge on any atom is 0.329 e. The number of amides is 1. The van der Waals surface area contributed by atoms with Crippen LogP contribution in [0.4, 0.5) is 0 Å². The van der Waals surface area contributed by atoms with Crippen molar-refractivity contribution in [2.75, 3.05) is 6.54 Å². The summed E-state index contributed by atoms with van der Waals surface area (Å²) in [6.07, 6.45) is 2.98. The van der Waals surface area contributed by atoms with Gasteiger partial charge in [-0.3, -0.25) is 4.79 Å². The fraction of sp³-hybridized carbons (Fsp3) is 0.571. The number of carbonyl (C=O) groups is 2. The molecule has 4 nitrogen and oxygen atoms in total. The van der Waals surface area contributed by atoms with Crippen LogP contribution in [-0.2, 0) is 16.0 Å². The van der Waals surface area contributed by atoms with Crippen LogP contribution in [0, 0.1) is 0 Å². The molecule has 1 N–H and O–H groups in total. The molecule has 1 aromatic rings. The van der Waals surface area contributed by atoms with Gasteiger partial charge in [-0.2, -0.15) is 0 Å². The van der Waals surface area contributed by atoms with E-state index < -0.39 is 11.5 Å². The first-order valence-electron chi connectivity index (χ1n) is 6.66. The minimum absolute atomic E-state index is 0.0594. The van der Waals surface area contributed by atoms with Crippen LogP contribution >= 0.6 is 11.3 Å². The quantitative estimate of drug-likeness (QED) is 0.902. The summed E-state index contributed by atoms with van der Waals surface area (Å²) in [6, 6.07) is 3.83. The largest absolute Gasteiger partial charge is 0.479 e. The highest BCUT2D eigenvalue weighted by Gasteiger charge is 2.48. The van der Waals surface area contributed by atoms with E-state index in [-0.39, 0.29) is 5.91 Å². The van der Waals surface area contributed by atoms with Crippen molar-refractivity contribution in [3.05, 3.63) is 22.4 Å². The number of hydrogen-bond acceptors (Lipinski definition) is 3. The molecule has 1 aromatic heterocycles. The van der Waals surface area contributed by atoms with Crippen molar-refractivity contribution in [2.24, 2.45) is 0 Å². The third-order valence-electron chi connectivity index (χ3n) is 3.76. The van der Waals surface area contributed by atoms with Gasteiger partial charge in [0.1, 0.15) is 5.54 Å². The van der Waals surface area contributed by atoms with Crippen LogP contribution in [0.5, 0.6) is 0 Å². The molecule has 1 atom stereocenters. The molecular weight excluding hydrogens is 262 g/mol. The highest BCUT2D eigenvalue weighted by atomic mass is 32.1. The van der Waals surface area contributed by atoms with Gasteiger partial charge in [-0.25, -0.2) is 4.79 Å². The van der Waals surface area contributed by atoms with E-state index in [0.717, 1.165) is 17.7 Å². The Labute approximate surface area is 117 Å². The molecule has 0 saturated carbocycles. The SMILES string of the molecule is CCCC1(C(=O)O)CCCN1C(=O)Cc1cccs1. The molecule has 19 heavy (non-hydrogen) atoms. The Balaban J connectivity index is 2.17. The van der Waals surface area contributed by atoms with Gasteiger partial charge in [0, 0.05) is 11.4 Å². The van der Waals surface area contributed by atoms with Crippen molar-refractivity contribution >= 4 is 23.2 Å². The smallest absolute Gasteiger partial charge is 0.329 e. The van der Waals surface area contributed by atoms with Gasteiger partial charge in [-0.1, -0.05) is 19.4 Å². The van der Waals surface area contributed by atoms with Crippen molar-refractivity contribution in [1.82, 2.24) is 4.90 Å². The molecule has 1 aliphatic heterocycles. The second-order valence-electron chi connectivity index (χ2n) is 4.99. The first-order valence-corrected chi connectivity index (χ1v) is 7.54. The Kier molecular flexibility index (Phi) is 4.24. The minimum Gasteiger partial charge on any atom is -0.479 e. The molecule has 5 heteroatoms. The molecule has 0 spiro atoms. The normalized spacial score (nSPS) is 22.7. The second kappa shape index (κ2) is 5.74. The van der Waals surface area contributed by atoms with E-state index in [9.17, 15) is 14.7 Å². The summed E-state index contributed by atoms with van der Waals surface area (Å²) >= 11 is 1.54. The number of likely N-dealkylation sites (tertiary alicyclic amines) is 1. The van der Waals surface area contributed by atoms with Crippen LogP contribution in [0.2, 0.25) is 0 Å². The number of carboxylic acids is 1. The van der Waals surface area contributed by atoms with Gasteiger partial charge in [-0.05, 0) is 30.7 Å². The lowest BCUT2D eigenvalue weighted by atomic mass is 9.90. The molecule has 0 aliphatic carbocycles. The topological polar surface area (TPSA) is 57.6 Å². The van der Waals surface area contributed by atoms with Crippen molar-refractivity contribution in [3.8, 4) is 0 Å². The van der Waals surface area contributed by atoms with Crippen LogP contribution in [-0.4, -0.2) is 34.0 Å². The Morgan fingerprint density at radius 3 is 2.89 bits per heavy atom. The monoisotopic (exact) mass is 281 g/mol. The third kappa shape index (κ3) is 2.66. The molecule has 0 aromatic carbocycles. The van der Waals surface area contributed by atoms with Gasteiger partial charge >= 0.3 is 5.97 Å². The van der Waals surface area contributed by atoms with Gasteiger partial charge in [0.15, 0.2) is 0 Å². The first kappa shape index (κ1) is 14.1. The van der Waals surface area contributed by atoms with Crippen molar-refractivity contribution in [3.63, 3.8) is 0 Å². The number of hydrogen-bond donors (Lipinski definition) is 1. The van der Waals surface area contributed by atoms with E-state index in [0.29, 0.717) is 25.8 Å². The molecule has 1 amide bonds. The molecule has 0 bridgehead atoms. The summed E-state index contributed by atoms with van der Waals surface area (Å²) in [5.74, 6) is -0.915. The number of carboxylic acid groups (broad SMARTS) is 1. The average molecular weight is 281 g/mol. The summed E-state index contributed by atoms with van der Waals surface area (Å²) in [4.78, 5) is 26.6. The standard InChI is InChI=1S/C14H19NO3S/c1-2-6-14(13(17)18)7-4-8-15(14)12(16)10-11-5-3-9-19-11/h3,5,9H,2,4,6-8,10H2,1H3,(H,17,18). The Morgan fingerprint density at radius 2 is 2.32 bits per heavy atom. The first-order chi connectivity index (χ1) is 9.10. The van der Waals surface area contributed by atoms with Crippen LogP contribution < -0.4 is 0 Å². The number of thiophene rings is 1. The lowest BCUT2D eigenvalue weighted by molar-refractivity contribution is -0.156. The zero-order valence-corrected chi connectivity index (χ0v) is 11.9. The number of rotatable bonds is 5. The Morgan fingerprint density at radius 1 is 1.53 bits per heavy atom. The number of aliphatic carboxylic acids is 1. The lowest BCUT2D eigenvalue weighted by Gasteiger charge is -2.34. The van der Waals surface area contributed by atoms with E-state index >= 15 is 0 Å². The van der Waals surface area contributed by atoms with Crippen LogP contribution in [0.1, 0.15) is 37.5 Å². The van der Waals surface area contributed by atoms with E-state index in [4.69, 9.17) is 0 Å². The zero-order valence-electron chi connectivity index (χ0n) is 11.1. The average Bonchev–Trinajstić information content (AvgIpc) is 2.99. The molecule has 0 radical (unpaired) electrons. The molecule has 104 valence electrons. The molecule has 1 aliphatic rings. The van der Waals surface area contributed by atoms with Gasteiger partial charge in [0.25, 0.3) is 0 Å². The highest BCUT2D eigenvalue weighted by molar-refractivity contribution is 7.10. The maximum atomic E-state index is 12.4. The summed E-state index contributed by atoms with van der Waals surface area (Å²) in [5, 5.41) is 11.5. The summed E-state index contributed by atoms with van der Waals surface area (Å²) in [7, 11) is 0. The Hall–Kier alpha value is -1.36. The van der Waals surface area contributed by atoms with Crippen LogP contribution in [0.3, 0.4) is 0 Å². The fourth-order valence-corrected chi connectivity index (χ4v) is 3.60. The van der Waals surface area contributed by atoms with E-state index in [1.807, 2.05) is 24.4 Å². The number of nitrogens with zero attached hydrogens (tertiary/aromatic N) is 1. The summed E-state index contributed by atoms with van der Waals surface area (Å²) < 4.78 is 0. The van der Waals surface area contributed by atoms with E-state index in [1.54, 1.807) is 4.90 Å². The predicted molar refractivity (Wildman–Crippen MR) is 74.2 cm³/mol. The highest BCUT2D eigenvalue weighted by Crippen LogP contribution is 2.34. The fourth-order valence-electron chi connectivity index (χ4n) is 2.90. The zero-order chi connectivity index (χ0) is 13.9. The van der Waals surface area contributed by atoms with Crippen LogP contribution in [0.15, 0.2) is 17.5 Å². The van der Waals surface area contributed by atoms with Crippen molar-refractivity contribution in [2.45, 2.75) is 44.6 Å². The van der Waals surface area contributed by atoms with Gasteiger partial charge in [0.05, 0.1) is 6.42 Å². The van der Waals surface area contributed by atoms with Crippen molar-refractivity contribution < 1.29 is 14.7 Å².